The predicted octanol–water partition coefficient (Wildman–Crippen LogP) is 3.28. The van der Waals surface area contributed by atoms with Crippen molar-refractivity contribution in [2.24, 2.45) is 0 Å². The highest BCUT2D eigenvalue weighted by Crippen LogP contribution is 2.22. The van der Waals surface area contributed by atoms with Crippen molar-refractivity contribution in [3.05, 3.63) is 28.2 Å². The molecule has 0 heterocycles. The van der Waals surface area contributed by atoms with Gasteiger partial charge in [-0.15, -0.1) is 0 Å². The van der Waals surface area contributed by atoms with Crippen LogP contribution in [-0.4, -0.2) is 26.0 Å². The van der Waals surface area contributed by atoms with E-state index < -0.39 is 12.8 Å². The Labute approximate surface area is 110 Å². The van der Waals surface area contributed by atoms with E-state index in [1.807, 2.05) is 6.07 Å². The minimum Gasteiger partial charge on any atom is -0.490 e. The standard InChI is InChI=1S/C11H9BrF3NO2/c12-9-1-2-10(8(5-9)6-16)18-4-3-17-7-11(13,14)15/h1-2,5H,3-4,7H2. The largest absolute Gasteiger partial charge is 0.490 e. The summed E-state index contributed by atoms with van der Waals surface area (Å²) >= 11 is 3.20. The van der Waals surface area contributed by atoms with Gasteiger partial charge in [0.1, 0.15) is 25.0 Å². The van der Waals surface area contributed by atoms with Crippen molar-refractivity contribution < 1.29 is 22.6 Å². The second kappa shape index (κ2) is 6.61. The predicted molar refractivity (Wildman–Crippen MR) is 61.2 cm³/mol. The molecular weight excluding hydrogens is 315 g/mol. The SMILES string of the molecule is N#Cc1cc(Br)ccc1OCCOCC(F)(F)F. The Morgan fingerprint density at radius 3 is 2.61 bits per heavy atom. The molecule has 0 aromatic heterocycles. The highest BCUT2D eigenvalue weighted by molar-refractivity contribution is 9.10. The van der Waals surface area contributed by atoms with Crippen molar-refractivity contribution in [3.63, 3.8) is 0 Å². The number of nitriles is 1. The Morgan fingerprint density at radius 1 is 1.28 bits per heavy atom. The maximum atomic E-state index is 11.8. The van der Waals surface area contributed by atoms with E-state index in [-0.39, 0.29) is 13.2 Å². The first kappa shape index (κ1) is 14.8. The number of hydrogen-bond donors (Lipinski definition) is 0. The zero-order chi connectivity index (χ0) is 13.6. The van der Waals surface area contributed by atoms with Crippen molar-refractivity contribution in [2.75, 3.05) is 19.8 Å². The Bertz CT molecular complexity index is 443. The summed E-state index contributed by atoms with van der Waals surface area (Å²) in [6.45, 7) is -1.55. The molecule has 0 saturated carbocycles. The lowest BCUT2D eigenvalue weighted by atomic mass is 10.2. The lowest BCUT2D eigenvalue weighted by Crippen LogP contribution is -2.19. The molecule has 98 valence electrons. The van der Waals surface area contributed by atoms with Crippen molar-refractivity contribution in [1.29, 1.82) is 5.26 Å². The van der Waals surface area contributed by atoms with Crippen LogP contribution in [-0.2, 0) is 4.74 Å². The topological polar surface area (TPSA) is 42.2 Å². The lowest BCUT2D eigenvalue weighted by Gasteiger charge is -2.10. The van der Waals surface area contributed by atoms with Gasteiger partial charge in [-0.25, -0.2) is 0 Å². The molecule has 0 spiro atoms. The van der Waals surface area contributed by atoms with Gasteiger partial charge in [0.15, 0.2) is 0 Å². The second-order valence-corrected chi connectivity index (χ2v) is 4.18. The van der Waals surface area contributed by atoms with E-state index in [1.54, 1.807) is 18.2 Å². The molecule has 0 radical (unpaired) electrons. The van der Waals surface area contributed by atoms with Gasteiger partial charge in [-0.3, -0.25) is 0 Å². The van der Waals surface area contributed by atoms with Gasteiger partial charge in [-0.1, -0.05) is 15.9 Å². The fraction of sp³-hybridized carbons (Fsp3) is 0.364. The van der Waals surface area contributed by atoms with Crippen LogP contribution in [0.4, 0.5) is 13.2 Å². The maximum Gasteiger partial charge on any atom is 0.411 e. The average Bonchev–Trinajstić information content (AvgIpc) is 2.28. The molecule has 0 fully saturated rings. The molecule has 0 aliphatic rings. The third-order valence-corrected chi connectivity index (χ3v) is 2.31. The Hall–Kier alpha value is -1.26. The van der Waals surface area contributed by atoms with E-state index in [9.17, 15) is 13.2 Å². The highest BCUT2D eigenvalue weighted by Gasteiger charge is 2.27. The molecule has 1 rings (SSSR count). The smallest absolute Gasteiger partial charge is 0.411 e. The monoisotopic (exact) mass is 323 g/mol. The van der Waals surface area contributed by atoms with Crippen LogP contribution in [0, 0.1) is 11.3 Å². The first-order chi connectivity index (χ1) is 8.42. The van der Waals surface area contributed by atoms with Gasteiger partial charge < -0.3 is 9.47 Å². The van der Waals surface area contributed by atoms with Crippen LogP contribution in [0.25, 0.3) is 0 Å². The molecule has 0 bridgehead atoms. The van der Waals surface area contributed by atoms with Gasteiger partial charge in [-0.2, -0.15) is 18.4 Å². The third-order valence-electron chi connectivity index (χ3n) is 1.81. The lowest BCUT2D eigenvalue weighted by molar-refractivity contribution is -0.175. The zero-order valence-electron chi connectivity index (χ0n) is 9.13. The van der Waals surface area contributed by atoms with Crippen LogP contribution >= 0.6 is 15.9 Å². The summed E-state index contributed by atoms with van der Waals surface area (Å²) in [7, 11) is 0. The first-order valence-corrected chi connectivity index (χ1v) is 5.68. The minimum absolute atomic E-state index is 0.0492. The molecule has 7 heteroatoms. The summed E-state index contributed by atoms with van der Waals surface area (Å²) in [6, 6.07) is 6.72. The summed E-state index contributed by atoms with van der Waals surface area (Å²) in [5.41, 5.74) is 0.306. The van der Waals surface area contributed by atoms with Gasteiger partial charge in [0.05, 0.1) is 12.2 Å². The number of benzene rings is 1. The number of halogens is 4. The Kier molecular flexibility index (Phi) is 5.44. The van der Waals surface area contributed by atoms with Crippen molar-refractivity contribution >= 4 is 15.9 Å². The minimum atomic E-state index is -4.34. The summed E-state index contributed by atoms with van der Waals surface area (Å²) in [5, 5.41) is 8.82. The van der Waals surface area contributed by atoms with Crippen molar-refractivity contribution in [2.45, 2.75) is 6.18 Å². The normalized spacial score (nSPS) is 11.1. The van der Waals surface area contributed by atoms with Crippen LogP contribution in [0.2, 0.25) is 0 Å². The Balaban J connectivity index is 2.38. The van der Waals surface area contributed by atoms with Gasteiger partial charge >= 0.3 is 6.18 Å². The van der Waals surface area contributed by atoms with E-state index in [4.69, 9.17) is 10.00 Å². The molecule has 0 saturated heterocycles. The number of ether oxygens (including phenoxy) is 2. The zero-order valence-corrected chi connectivity index (χ0v) is 10.7. The highest BCUT2D eigenvalue weighted by atomic mass is 79.9. The van der Waals surface area contributed by atoms with Crippen LogP contribution in [0.3, 0.4) is 0 Å². The van der Waals surface area contributed by atoms with E-state index in [1.165, 1.54) is 0 Å². The molecule has 0 N–H and O–H groups in total. The van der Waals surface area contributed by atoms with Gasteiger partial charge in [0.2, 0.25) is 0 Å². The van der Waals surface area contributed by atoms with E-state index in [0.29, 0.717) is 11.3 Å². The van der Waals surface area contributed by atoms with Crippen molar-refractivity contribution in [1.82, 2.24) is 0 Å². The number of rotatable bonds is 5. The molecule has 1 aromatic carbocycles. The Morgan fingerprint density at radius 2 is 2.00 bits per heavy atom. The van der Waals surface area contributed by atoms with Crippen LogP contribution in [0.15, 0.2) is 22.7 Å². The third kappa shape index (κ3) is 5.38. The van der Waals surface area contributed by atoms with Crippen LogP contribution in [0.1, 0.15) is 5.56 Å². The fourth-order valence-corrected chi connectivity index (χ4v) is 1.47. The van der Waals surface area contributed by atoms with Crippen molar-refractivity contribution in [3.8, 4) is 11.8 Å². The first-order valence-electron chi connectivity index (χ1n) is 4.89. The van der Waals surface area contributed by atoms with Crippen LogP contribution in [0.5, 0.6) is 5.75 Å². The van der Waals surface area contributed by atoms with Gasteiger partial charge in [0.25, 0.3) is 0 Å². The quantitative estimate of drug-likeness (QED) is 0.781. The van der Waals surface area contributed by atoms with E-state index in [0.717, 1.165) is 4.47 Å². The number of hydrogen-bond acceptors (Lipinski definition) is 3. The summed E-state index contributed by atoms with van der Waals surface area (Å²) in [5.74, 6) is 0.316. The summed E-state index contributed by atoms with van der Waals surface area (Å²) in [6.07, 6.45) is -4.34. The molecule has 0 atom stereocenters. The molecule has 1 aromatic rings. The van der Waals surface area contributed by atoms with Crippen LogP contribution < -0.4 is 4.74 Å². The average molecular weight is 324 g/mol. The van der Waals surface area contributed by atoms with E-state index in [2.05, 4.69) is 20.7 Å². The summed E-state index contributed by atoms with van der Waals surface area (Å²) < 4.78 is 45.5. The molecule has 0 unspecified atom stereocenters. The summed E-state index contributed by atoms with van der Waals surface area (Å²) in [4.78, 5) is 0. The molecule has 18 heavy (non-hydrogen) atoms. The fourth-order valence-electron chi connectivity index (χ4n) is 1.11. The molecule has 3 nitrogen and oxygen atoms in total. The second-order valence-electron chi connectivity index (χ2n) is 3.27. The van der Waals surface area contributed by atoms with Gasteiger partial charge in [-0.05, 0) is 18.2 Å². The molecule has 0 amide bonds. The number of nitrogens with zero attached hydrogens (tertiary/aromatic N) is 1. The van der Waals surface area contributed by atoms with Gasteiger partial charge in [0, 0.05) is 4.47 Å². The molecule has 0 aliphatic heterocycles. The molecular formula is C11H9BrF3NO2. The number of alkyl halides is 3. The maximum absolute atomic E-state index is 11.8. The molecule has 0 aliphatic carbocycles. The van der Waals surface area contributed by atoms with E-state index >= 15 is 0 Å².